The first-order valence-corrected chi connectivity index (χ1v) is 8.47. The molecule has 0 radical (unpaired) electrons. The Labute approximate surface area is 139 Å². The molecule has 3 N–H and O–H groups in total. The van der Waals surface area contributed by atoms with Gasteiger partial charge in [0.05, 0.1) is 6.54 Å². The van der Waals surface area contributed by atoms with Gasteiger partial charge in [0, 0.05) is 37.4 Å². The molecule has 1 fully saturated rings. The molecule has 0 atom stereocenters. The monoisotopic (exact) mass is 318 g/mol. The lowest BCUT2D eigenvalue weighted by Crippen LogP contribution is -2.43. The van der Waals surface area contributed by atoms with E-state index in [9.17, 15) is 0 Å². The SMILES string of the molecule is CN(C)C1CCN(CCN=C(N)NCCc2ccccn2)CC1. The van der Waals surface area contributed by atoms with E-state index in [-0.39, 0.29) is 0 Å². The maximum atomic E-state index is 5.91. The number of pyridine rings is 1. The molecule has 1 aliphatic heterocycles. The Balaban J connectivity index is 1.58. The highest BCUT2D eigenvalue weighted by atomic mass is 15.2. The molecule has 0 unspecified atom stereocenters. The van der Waals surface area contributed by atoms with Crippen molar-refractivity contribution in [3.05, 3.63) is 30.1 Å². The first-order chi connectivity index (χ1) is 11.1. The zero-order valence-corrected chi connectivity index (χ0v) is 14.4. The van der Waals surface area contributed by atoms with E-state index < -0.39 is 0 Å². The van der Waals surface area contributed by atoms with Crippen LogP contribution in [0.2, 0.25) is 0 Å². The van der Waals surface area contributed by atoms with Crippen molar-refractivity contribution >= 4 is 5.96 Å². The lowest BCUT2D eigenvalue weighted by atomic mass is 10.0. The fourth-order valence-corrected chi connectivity index (χ4v) is 2.89. The predicted octanol–water partition coefficient (Wildman–Crippen LogP) is 0.554. The molecule has 0 aromatic carbocycles. The summed E-state index contributed by atoms with van der Waals surface area (Å²) >= 11 is 0. The van der Waals surface area contributed by atoms with E-state index in [0.717, 1.165) is 50.9 Å². The third kappa shape index (κ3) is 6.54. The number of nitrogens with one attached hydrogen (secondary N) is 1. The molecule has 6 heteroatoms. The highest BCUT2D eigenvalue weighted by Gasteiger charge is 2.19. The van der Waals surface area contributed by atoms with E-state index >= 15 is 0 Å². The zero-order valence-electron chi connectivity index (χ0n) is 14.4. The van der Waals surface area contributed by atoms with Crippen LogP contribution in [0.4, 0.5) is 0 Å². The summed E-state index contributed by atoms with van der Waals surface area (Å²) in [6, 6.07) is 6.67. The van der Waals surface area contributed by atoms with Crippen LogP contribution >= 0.6 is 0 Å². The van der Waals surface area contributed by atoms with Crippen molar-refractivity contribution in [2.75, 3.05) is 46.8 Å². The molecule has 0 bridgehead atoms. The van der Waals surface area contributed by atoms with Crippen LogP contribution in [0.15, 0.2) is 29.4 Å². The molecular formula is C17H30N6. The number of likely N-dealkylation sites (tertiary alicyclic amines) is 1. The lowest BCUT2D eigenvalue weighted by molar-refractivity contribution is 0.148. The van der Waals surface area contributed by atoms with Gasteiger partial charge in [-0.25, -0.2) is 0 Å². The normalized spacial score (nSPS) is 17.6. The van der Waals surface area contributed by atoms with Crippen LogP contribution in [0.25, 0.3) is 0 Å². The first kappa shape index (κ1) is 17.7. The van der Waals surface area contributed by atoms with Crippen molar-refractivity contribution in [2.45, 2.75) is 25.3 Å². The van der Waals surface area contributed by atoms with Crippen LogP contribution in [-0.4, -0.2) is 73.6 Å². The Hall–Kier alpha value is -1.66. The number of aromatic nitrogens is 1. The molecule has 1 aromatic rings. The Morgan fingerprint density at radius 2 is 2.17 bits per heavy atom. The Kier molecular flexibility index (Phi) is 7.29. The molecule has 0 aliphatic carbocycles. The van der Waals surface area contributed by atoms with Crippen molar-refractivity contribution in [2.24, 2.45) is 10.7 Å². The quantitative estimate of drug-likeness (QED) is 0.568. The second kappa shape index (κ2) is 9.47. The molecule has 128 valence electrons. The Morgan fingerprint density at radius 1 is 1.39 bits per heavy atom. The summed E-state index contributed by atoms with van der Waals surface area (Å²) in [7, 11) is 4.34. The molecular weight excluding hydrogens is 288 g/mol. The fourth-order valence-electron chi connectivity index (χ4n) is 2.89. The van der Waals surface area contributed by atoms with Gasteiger partial charge in [-0.2, -0.15) is 0 Å². The molecule has 0 amide bonds. The topological polar surface area (TPSA) is 69.8 Å². The molecule has 2 heterocycles. The maximum Gasteiger partial charge on any atom is 0.188 e. The summed E-state index contributed by atoms with van der Waals surface area (Å²) in [6.07, 6.45) is 5.16. The van der Waals surface area contributed by atoms with Crippen LogP contribution in [0.5, 0.6) is 0 Å². The molecule has 6 nitrogen and oxygen atoms in total. The molecule has 1 saturated heterocycles. The molecule has 0 spiro atoms. The minimum Gasteiger partial charge on any atom is -0.370 e. The van der Waals surface area contributed by atoms with Crippen LogP contribution in [0.1, 0.15) is 18.5 Å². The molecule has 23 heavy (non-hydrogen) atoms. The van der Waals surface area contributed by atoms with Gasteiger partial charge in [-0.1, -0.05) is 6.07 Å². The number of hydrogen-bond donors (Lipinski definition) is 2. The van der Waals surface area contributed by atoms with Gasteiger partial charge in [-0.3, -0.25) is 9.98 Å². The van der Waals surface area contributed by atoms with Gasteiger partial charge in [0.15, 0.2) is 5.96 Å². The van der Waals surface area contributed by atoms with E-state index in [1.54, 1.807) is 0 Å². The zero-order chi connectivity index (χ0) is 16.5. The minimum atomic E-state index is 0.532. The number of nitrogens with zero attached hydrogens (tertiary/aromatic N) is 4. The van der Waals surface area contributed by atoms with Crippen molar-refractivity contribution in [1.82, 2.24) is 20.1 Å². The molecule has 1 aliphatic rings. The number of aliphatic imine (C=N–C) groups is 1. The summed E-state index contributed by atoms with van der Waals surface area (Å²) in [5, 5.41) is 3.15. The number of nitrogens with two attached hydrogens (primary N) is 1. The van der Waals surface area contributed by atoms with Gasteiger partial charge >= 0.3 is 0 Å². The Morgan fingerprint density at radius 3 is 2.83 bits per heavy atom. The number of guanidine groups is 1. The van der Waals surface area contributed by atoms with Gasteiger partial charge < -0.3 is 20.9 Å². The van der Waals surface area contributed by atoms with E-state index in [0.29, 0.717) is 5.96 Å². The van der Waals surface area contributed by atoms with Gasteiger partial charge in [0.2, 0.25) is 0 Å². The third-order valence-corrected chi connectivity index (χ3v) is 4.40. The lowest BCUT2D eigenvalue weighted by Gasteiger charge is -2.34. The van der Waals surface area contributed by atoms with E-state index in [4.69, 9.17) is 5.73 Å². The van der Waals surface area contributed by atoms with E-state index in [1.165, 1.54) is 12.8 Å². The van der Waals surface area contributed by atoms with Crippen LogP contribution in [0, 0.1) is 0 Å². The van der Waals surface area contributed by atoms with Crippen molar-refractivity contribution in [3.8, 4) is 0 Å². The Bertz CT molecular complexity index is 465. The maximum absolute atomic E-state index is 5.91. The van der Waals surface area contributed by atoms with Crippen molar-refractivity contribution in [1.29, 1.82) is 0 Å². The predicted molar refractivity (Wildman–Crippen MR) is 95.6 cm³/mol. The summed E-state index contributed by atoms with van der Waals surface area (Å²) < 4.78 is 0. The van der Waals surface area contributed by atoms with Crippen LogP contribution in [0.3, 0.4) is 0 Å². The molecule has 0 saturated carbocycles. The summed E-state index contributed by atoms with van der Waals surface area (Å²) in [5.41, 5.74) is 6.97. The molecule has 1 aromatic heterocycles. The average Bonchev–Trinajstić information content (AvgIpc) is 2.56. The van der Waals surface area contributed by atoms with Crippen LogP contribution in [-0.2, 0) is 6.42 Å². The van der Waals surface area contributed by atoms with Gasteiger partial charge in [0.25, 0.3) is 0 Å². The van der Waals surface area contributed by atoms with Gasteiger partial charge in [-0.05, 0) is 52.2 Å². The standard InChI is InChI=1S/C17H30N6/c1-22(2)16-7-12-23(13-8-16)14-11-21-17(18)20-10-6-15-5-3-4-9-19-15/h3-5,9,16H,6-8,10-14H2,1-2H3,(H3,18,20,21). The minimum absolute atomic E-state index is 0.532. The van der Waals surface area contributed by atoms with Gasteiger partial charge in [0.1, 0.15) is 0 Å². The smallest absolute Gasteiger partial charge is 0.188 e. The highest BCUT2D eigenvalue weighted by Crippen LogP contribution is 2.13. The fraction of sp³-hybridized carbons (Fsp3) is 0.647. The number of piperidine rings is 1. The van der Waals surface area contributed by atoms with E-state index in [2.05, 4.69) is 39.2 Å². The summed E-state index contributed by atoms with van der Waals surface area (Å²) in [5.74, 6) is 0.532. The second-order valence-electron chi connectivity index (χ2n) is 6.30. The first-order valence-electron chi connectivity index (χ1n) is 8.47. The summed E-state index contributed by atoms with van der Waals surface area (Å²) in [4.78, 5) is 13.5. The average molecular weight is 318 g/mol. The van der Waals surface area contributed by atoms with Crippen molar-refractivity contribution in [3.63, 3.8) is 0 Å². The number of hydrogen-bond acceptors (Lipinski definition) is 4. The van der Waals surface area contributed by atoms with Crippen LogP contribution < -0.4 is 11.1 Å². The molecule has 2 rings (SSSR count). The third-order valence-electron chi connectivity index (χ3n) is 4.40. The van der Waals surface area contributed by atoms with Crippen molar-refractivity contribution < 1.29 is 0 Å². The number of rotatable bonds is 7. The van der Waals surface area contributed by atoms with Gasteiger partial charge in [-0.15, -0.1) is 0 Å². The largest absolute Gasteiger partial charge is 0.370 e. The summed E-state index contributed by atoms with van der Waals surface area (Å²) in [6.45, 7) is 4.83. The second-order valence-corrected chi connectivity index (χ2v) is 6.30. The highest BCUT2D eigenvalue weighted by molar-refractivity contribution is 5.77. The van der Waals surface area contributed by atoms with E-state index in [1.807, 2.05) is 24.4 Å².